The quantitative estimate of drug-likeness (QED) is 0.805. The maximum atomic E-state index is 12.4. The molecule has 28 heavy (non-hydrogen) atoms. The normalized spacial score (nSPS) is 15.9. The largest absolute Gasteiger partial charge is 0.346 e. The average Bonchev–Trinajstić information content (AvgIpc) is 2.70. The van der Waals surface area contributed by atoms with E-state index in [9.17, 15) is 9.59 Å². The van der Waals surface area contributed by atoms with E-state index in [1.54, 1.807) is 0 Å². The number of amides is 2. The second kappa shape index (κ2) is 9.89. The van der Waals surface area contributed by atoms with E-state index in [0.717, 1.165) is 25.9 Å². The summed E-state index contributed by atoms with van der Waals surface area (Å²) in [6, 6.07) is 14.3. The maximum Gasteiger partial charge on any atom is 0.241 e. The van der Waals surface area contributed by atoms with Gasteiger partial charge in [-0.2, -0.15) is 0 Å². The monoisotopic (exact) mass is 403 g/mol. The van der Waals surface area contributed by atoms with Gasteiger partial charge >= 0.3 is 0 Å². The molecule has 2 amide bonds. The Kier molecular flexibility index (Phi) is 7.84. The fourth-order valence-electron chi connectivity index (χ4n) is 3.74. The van der Waals surface area contributed by atoms with Gasteiger partial charge < -0.3 is 16.0 Å². The van der Waals surface area contributed by atoms with E-state index in [1.165, 1.54) is 16.3 Å². The molecule has 3 rings (SSSR count). The number of hydrogen-bond acceptors (Lipinski definition) is 3. The van der Waals surface area contributed by atoms with Gasteiger partial charge in [0, 0.05) is 13.1 Å². The van der Waals surface area contributed by atoms with Gasteiger partial charge in [0.15, 0.2) is 0 Å². The fourth-order valence-corrected chi connectivity index (χ4v) is 3.74. The van der Waals surface area contributed by atoms with E-state index >= 15 is 0 Å². The van der Waals surface area contributed by atoms with E-state index in [0.29, 0.717) is 5.92 Å². The lowest BCUT2D eigenvalue weighted by Crippen LogP contribution is -2.49. The van der Waals surface area contributed by atoms with Crippen molar-refractivity contribution in [2.75, 3.05) is 19.6 Å². The molecule has 1 heterocycles. The Hall–Kier alpha value is -2.11. The molecule has 1 atom stereocenters. The molecule has 0 unspecified atom stereocenters. The van der Waals surface area contributed by atoms with E-state index in [2.05, 4.69) is 47.8 Å². The SMILES string of the molecule is CC(C)[C@H](N)C(=O)NCC(=O)N1CCC(c2cccc3ccccc23)CC1.Cl. The van der Waals surface area contributed by atoms with E-state index in [4.69, 9.17) is 5.73 Å². The Balaban J connectivity index is 0.00000280. The minimum Gasteiger partial charge on any atom is -0.346 e. The molecule has 0 radical (unpaired) electrons. The van der Waals surface area contributed by atoms with Gasteiger partial charge in [-0.1, -0.05) is 56.3 Å². The summed E-state index contributed by atoms with van der Waals surface area (Å²) in [7, 11) is 0. The molecular weight excluding hydrogens is 374 g/mol. The lowest BCUT2D eigenvalue weighted by molar-refractivity contribution is -0.134. The smallest absolute Gasteiger partial charge is 0.241 e. The fraction of sp³-hybridized carbons (Fsp3) is 0.455. The van der Waals surface area contributed by atoms with Crippen LogP contribution < -0.4 is 11.1 Å². The highest BCUT2D eigenvalue weighted by molar-refractivity contribution is 5.88. The molecule has 3 N–H and O–H groups in total. The number of benzene rings is 2. The zero-order valence-electron chi connectivity index (χ0n) is 16.6. The number of carbonyl (C=O) groups excluding carboxylic acids is 2. The number of nitrogens with zero attached hydrogens (tertiary/aromatic N) is 1. The topological polar surface area (TPSA) is 75.4 Å². The number of rotatable bonds is 5. The van der Waals surface area contributed by atoms with Gasteiger partial charge in [-0.15, -0.1) is 12.4 Å². The lowest BCUT2D eigenvalue weighted by Gasteiger charge is -2.33. The van der Waals surface area contributed by atoms with E-state index in [-0.39, 0.29) is 36.7 Å². The molecule has 2 aromatic rings. The van der Waals surface area contributed by atoms with Gasteiger partial charge in [0.1, 0.15) is 0 Å². The minimum atomic E-state index is -0.574. The summed E-state index contributed by atoms with van der Waals surface area (Å²) in [6.45, 7) is 5.25. The van der Waals surface area contributed by atoms with Gasteiger partial charge in [-0.25, -0.2) is 0 Å². The Morgan fingerprint density at radius 3 is 2.43 bits per heavy atom. The van der Waals surface area contributed by atoms with Crippen LogP contribution in [0.15, 0.2) is 42.5 Å². The van der Waals surface area contributed by atoms with Crippen LogP contribution in [-0.2, 0) is 9.59 Å². The first-order valence-corrected chi connectivity index (χ1v) is 9.76. The first kappa shape index (κ1) is 22.2. The number of likely N-dealkylation sites (tertiary alicyclic amines) is 1. The minimum absolute atomic E-state index is 0. The first-order chi connectivity index (χ1) is 13.0. The summed E-state index contributed by atoms with van der Waals surface area (Å²) in [5.41, 5.74) is 7.19. The molecule has 1 aliphatic rings. The van der Waals surface area contributed by atoms with Crippen molar-refractivity contribution in [2.45, 2.75) is 38.6 Å². The number of fused-ring (bicyclic) bond motifs is 1. The summed E-state index contributed by atoms with van der Waals surface area (Å²) < 4.78 is 0. The molecular formula is C22H30ClN3O2. The van der Waals surface area contributed by atoms with Crippen LogP contribution in [-0.4, -0.2) is 42.4 Å². The van der Waals surface area contributed by atoms with Crippen molar-refractivity contribution in [3.05, 3.63) is 48.0 Å². The Morgan fingerprint density at radius 2 is 1.75 bits per heavy atom. The molecule has 5 nitrogen and oxygen atoms in total. The zero-order valence-corrected chi connectivity index (χ0v) is 17.4. The summed E-state index contributed by atoms with van der Waals surface area (Å²) in [5.74, 6) is 0.223. The van der Waals surface area contributed by atoms with Crippen LogP contribution in [0.5, 0.6) is 0 Å². The molecule has 1 aliphatic heterocycles. The van der Waals surface area contributed by atoms with Gasteiger partial charge in [-0.3, -0.25) is 9.59 Å². The third-order valence-electron chi connectivity index (χ3n) is 5.55. The standard InChI is InChI=1S/C22H29N3O2.ClH/c1-15(2)21(23)22(27)24-14-20(26)25-12-10-17(11-13-25)19-9-5-7-16-6-3-4-8-18(16)19;/h3-9,15,17,21H,10-14,23H2,1-2H3,(H,24,27);1H/t21-;/m0./s1. The summed E-state index contributed by atoms with van der Waals surface area (Å²) >= 11 is 0. The van der Waals surface area contributed by atoms with Crippen LogP contribution in [0.25, 0.3) is 10.8 Å². The van der Waals surface area contributed by atoms with Gasteiger partial charge in [0.25, 0.3) is 0 Å². The number of piperidine rings is 1. The van der Waals surface area contributed by atoms with Crippen LogP contribution >= 0.6 is 12.4 Å². The van der Waals surface area contributed by atoms with Gasteiger partial charge in [0.2, 0.25) is 11.8 Å². The Labute approximate surface area is 173 Å². The van der Waals surface area contributed by atoms with E-state index < -0.39 is 6.04 Å². The number of hydrogen-bond donors (Lipinski definition) is 2. The maximum absolute atomic E-state index is 12.4. The zero-order chi connectivity index (χ0) is 19.4. The number of halogens is 1. The van der Waals surface area contributed by atoms with Crippen molar-refractivity contribution in [2.24, 2.45) is 11.7 Å². The van der Waals surface area contributed by atoms with Gasteiger partial charge in [-0.05, 0) is 41.0 Å². The third-order valence-corrected chi connectivity index (χ3v) is 5.55. The van der Waals surface area contributed by atoms with Crippen molar-refractivity contribution in [1.29, 1.82) is 0 Å². The summed E-state index contributed by atoms with van der Waals surface area (Å²) in [4.78, 5) is 26.2. The van der Waals surface area contributed by atoms with Crippen LogP contribution in [0.1, 0.15) is 38.2 Å². The van der Waals surface area contributed by atoms with Crippen LogP contribution in [0.2, 0.25) is 0 Å². The first-order valence-electron chi connectivity index (χ1n) is 9.76. The van der Waals surface area contributed by atoms with Crippen LogP contribution in [0.4, 0.5) is 0 Å². The van der Waals surface area contributed by atoms with Crippen LogP contribution in [0, 0.1) is 5.92 Å². The predicted octanol–water partition coefficient (Wildman–Crippen LogP) is 3.07. The lowest BCUT2D eigenvalue weighted by atomic mass is 9.86. The Morgan fingerprint density at radius 1 is 1.11 bits per heavy atom. The van der Waals surface area contributed by atoms with Crippen molar-refractivity contribution in [3.63, 3.8) is 0 Å². The highest BCUT2D eigenvalue weighted by Crippen LogP contribution is 2.33. The highest BCUT2D eigenvalue weighted by Gasteiger charge is 2.25. The van der Waals surface area contributed by atoms with Crippen LogP contribution in [0.3, 0.4) is 0 Å². The number of nitrogens with two attached hydrogens (primary N) is 1. The third kappa shape index (κ3) is 5.03. The molecule has 0 spiro atoms. The van der Waals surface area contributed by atoms with Gasteiger partial charge in [0.05, 0.1) is 12.6 Å². The van der Waals surface area contributed by atoms with Crippen molar-refractivity contribution in [1.82, 2.24) is 10.2 Å². The molecule has 0 aromatic heterocycles. The Bertz CT molecular complexity index is 811. The summed E-state index contributed by atoms with van der Waals surface area (Å²) in [5, 5.41) is 5.24. The molecule has 1 saturated heterocycles. The molecule has 0 saturated carbocycles. The predicted molar refractivity (Wildman–Crippen MR) is 116 cm³/mol. The highest BCUT2D eigenvalue weighted by atomic mass is 35.5. The molecule has 6 heteroatoms. The second-order valence-electron chi connectivity index (χ2n) is 7.71. The van der Waals surface area contributed by atoms with Crippen molar-refractivity contribution in [3.8, 4) is 0 Å². The molecule has 152 valence electrons. The average molecular weight is 404 g/mol. The van der Waals surface area contributed by atoms with Crippen molar-refractivity contribution < 1.29 is 9.59 Å². The van der Waals surface area contributed by atoms with Crippen molar-refractivity contribution >= 4 is 35.0 Å². The van der Waals surface area contributed by atoms with E-state index in [1.807, 2.05) is 18.7 Å². The molecule has 0 bridgehead atoms. The molecule has 0 aliphatic carbocycles. The molecule has 2 aromatic carbocycles. The summed E-state index contributed by atoms with van der Waals surface area (Å²) in [6.07, 6.45) is 1.89. The number of nitrogens with one attached hydrogen (secondary N) is 1. The molecule has 1 fully saturated rings. The second-order valence-corrected chi connectivity index (χ2v) is 7.71. The number of carbonyl (C=O) groups is 2.